The average molecular weight is 367 g/mol. The van der Waals surface area contributed by atoms with E-state index < -0.39 is 11.7 Å². The lowest BCUT2D eigenvalue weighted by molar-refractivity contribution is 0.102. The van der Waals surface area contributed by atoms with Crippen molar-refractivity contribution in [2.75, 3.05) is 5.32 Å². The topological polar surface area (TPSA) is 55.1 Å². The van der Waals surface area contributed by atoms with Crippen molar-refractivity contribution in [1.82, 2.24) is 4.98 Å². The lowest BCUT2D eigenvalue weighted by Gasteiger charge is -2.10. The molecule has 26 heavy (non-hydrogen) atoms. The Hall–Kier alpha value is -3.18. The number of aromatic nitrogens is 1. The zero-order chi connectivity index (χ0) is 18.1. The first-order chi connectivity index (χ1) is 12.6. The summed E-state index contributed by atoms with van der Waals surface area (Å²) in [4.78, 5) is 17.4. The van der Waals surface area contributed by atoms with Crippen molar-refractivity contribution in [3.63, 3.8) is 0 Å². The average Bonchev–Trinajstić information content (AvgIpc) is 3.18. The predicted molar refractivity (Wildman–Crippen MR) is 98.8 cm³/mol. The van der Waals surface area contributed by atoms with Crippen molar-refractivity contribution in [3.8, 4) is 11.5 Å². The molecule has 0 radical (unpaired) electrons. The number of benzene rings is 2. The molecule has 4 aromatic rings. The molecule has 0 unspecified atom stereocenters. The number of nitrogens with one attached hydrogen (secondary N) is 1. The molecular weight excluding hydrogens is 355 g/mol. The molecule has 0 saturated heterocycles. The number of nitrogens with zero attached hydrogens (tertiary/aromatic N) is 1. The molecule has 1 amide bonds. The van der Waals surface area contributed by atoms with E-state index in [1.54, 1.807) is 30.3 Å². The van der Waals surface area contributed by atoms with Gasteiger partial charge >= 0.3 is 0 Å². The first kappa shape index (κ1) is 16.3. The summed E-state index contributed by atoms with van der Waals surface area (Å²) >= 11 is 5.89. The van der Waals surface area contributed by atoms with Crippen LogP contribution < -0.4 is 5.32 Å². The lowest BCUT2D eigenvalue weighted by atomic mass is 10.1. The first-order valence-corrected chi connectivity index (χ1v) is 8.20. The highest BCUT2D eigenvalue weighted by atomic mass is 35.5. The number of hydrogen-bond acceptors (Lipinski definition) is 3. The third-order valence-corrected chi connectivity index (χ3v) is 4.15. The summed E-state index contributed by atoms with van der Waals surface area (Å²) in [5, 5.41) is 3.56. The Morgan fingerprint density at radius 2 is 1.92 bits per heavy atom. The normalized spacial score (nSPS) is 10.8. The monoisotopic (exact) mass is 366 g/mol. The summed E-state index contributed by atoms with van der Waals surface area (Å²) in [7, 11) is 0. The van der Waals surface area contributed by atoms with Crippen molar-refractivity contribution < 1.29 is 13.6 Å². The summed E-state index contributed by atoms with van der Waals surface area (Å²) in [5.74, 6) is -0.483. The van der Waals surface area contributed by atoms with Gasteiger partial charge in [-0.3, -0.25) is 4.79 Å². The Labute approximate surface area is 153 Å². The predicted octanol–water partition coefficient (Wildman–Crippen LogP) is 5.54. The van der Waals surface area contributed by atoms with Crippen LogP contribution in [0.3, 0.4) is 0 Å². The quantitative estimate of drug-likeness (QED) is 0.518. The Balaban J connectivity index is 1.81. The van der Waals surface area contributed by atoms with E-state index in [1.165, 1.54) is 24.5 Å². The number of carbonyl (C=O) groups excluding carboxylic acids is 1. The van der Waals surface area contributed by atoms with Crippen LogP contribution in [0.5, 0.6) is 0 Å². The molecule has 4 nitrogen and oxygen atoms in total. The van der Waals surface area contributed by atoms with Crippen molar-refractivity contribution >= 4 is 34.1 Å². The first-order valence-electron chi connectivity index (χ1n) is 7.82. The maximum atomic E-state index is 14.0. The van der Waals surface area contributed by atoms with E-state index in [4.69, 9.17) is 16.0 Å². The van der Waals surface area contributed by atoms with Gasteiger partial charge in [0, 0.05) is 10.4 Å². The molecular formula is C20H12ClFN2O2. The van der Waals surface area contributed by atoms with Gasteiger partial charge in [-0.15, -0.1) is 0 Å². The highest BCUT2D eigenvalue weighted by Gasteiger charge is 2.16. The Bertz CT molecular complexity index is 1110. The minimum atomic E-state index is -0.563. The summed E-state index contributed by atoms with van der Waals surface area (Å²) in [6.07, 6.45) is 1.54. The molecule has 2 aromatic carbocycles. The van der Waals surface area contributed by atoms with Crippen LogP contribution in [0.15, 0.2) is 71.3 Å². The number of hydrogen-bond donors (Lipinski definition) is 1. The number of para-hydroxylation sites is 1. The van der Waals surface area contributed by atoms with Gasteiger partial charge in [0.15, 0.2) is 5.76 Å². The van der Waals surface area contributed by atoms with E-state index in [1.807, 2.05) is 12.1 Å². The molecule has 0 atom stereocenters. The minimum absolute atomic E-state index is 0.0166. The van der Waals surface area contributed by atoms with E-state index in [9.17, 15) is 9.18 Å². The third-order valence-electron chi connectivity index (χ3n) is 3.91. The summed E-state index contributed by atoms with van der Waals surface area (Å²) in [5.41, 5.74) is 1.54. The zero-order valence-corrected chi connectivity index (χ0v) is 14.1. The fraction of sp³-hybridized carbons (Fsp3) is 0. The van der Waals surface area contributed by atoms with E-state index in [-0.39, 0.29) is 5.69 Å². The van der Waals surface area contributed by atoms with Gasteiger partial charge in [-0.2, -0.15) is 0 Å². The molecule has 2 heterocycles. The molecule has 128 valence electrons. The number of furan rings is 1. The van der Waals surface area contributed by atoms with Crippen molar-refractivity contribution in [2.45, 2.75) is 0 Å². The van der Waals surface area contributed by atoms with Gasteiger partial charge in [0.1, 0.15) is 11.5 Å². The van der Waals surface area contributed by atoms with Gasteiger partial charge in [0.05, 0.1) is 23.0 Å². The van der Waals surface area contributed by atoms with Gasteiger partial charge < -0.3 is 9.73 Å². The Kier molecular flexibility index (Phi) is 4.14. The number of fused-ring (bicyclic) bond motifs is 1. The Morgan fingerprint density at radius 3 is 2.73 bits per heavy atom. The van der Waals surface area contributed by atoms with Crippen molar-refractivity contribution in [3.05, 3.63) is 83.3 Å². The zero-order valence-electron chi connectivity index (χ0n) is 13.4. The second-order valence-corrected chi connectivity index (χ2v) is 6.06. The van der Waals surface area contributed by atoms with Gasteiger partial charge in [-0.05, 0) is 42.5 Å². The number of pyridine rings is 1. The van der Waals surface area contributed by atoms with E-state index in [0.29, 0.717) is 32.9 Å². The van der Waals surface area contributed by atoms with E-state index in [0.717, 1.165) is 0 Å². The third kappa shape index (κ3) is 3.05. The van der Waals surface area contributed by atoms with Gasteiger partial charge in [-0.1, -0.05) is 29.8 Å². The fourth-order valence-corrected chi connectivity index (χ4v) is 2.87. The smallest absolute Gasteiger partial charge is 0.256 e. The van der Waals surface area contributed by atoms with Gasteiger partial charge in [0.25, 0.3) is 5.91 Å². The summed E-state index contributed by atoms with van der Waals surface area (Å²) < 4.78 is 19.3. The summed E-state index contributed by atoms with van der Waals surface area (Å²) in [6.45, 7) is 0. The molecule has 0 aliphatic rings. The van der Waals surface area contributed by atoms with Crippen LogP contribution in [-0.4, -0.2) is 10.9 Å². The van der Waals surface area contributed by atoms with Crippen LogP contribution in [0, 0.1) is 5.82 Å². The summed E-state index contributed by atoms with van der Waals surface area (Å²) in [6, 6.07) is 16.4. The number of amides is 1. The highest BCUT2D eigenvalue weighted by molar-refractivity contribution is 6.31. The second kappa shape index (κ2) is 6.61. The van der Waals surface area contributed by atoms with Crippen molar-refractivity contribution in [2.24, 2.45) is 0 Å². The molecule has 2 aromatic heterocycles. The maximum absolute atomic E-state index is 14.0. The molecule has 0 spiro atoms. The standard InChI is InChI=1S/C20H12ClFN2O2/c21-12-7-8-15(22)17(10-12)24-20(25)14-11-18(19-6-3-9-26-19)23-16-5-2-1-4-13(14)16/h1-11H,(H,24,25). The van der Waals surface area contributed by atoms with Crippen LogP contribution in [-0.2, 0) is 0 Å². The Morgan fingerprint density at radius 1 is 1.08 bits per heavy atom. The molecule has 0 saturated carbocycles. The van der Waals surface area contributed by atoms with Gasteiger partial charge in [0.2, 0.25) is 0 Å². The largest absolute Gasteiger partial charge is 0.463 e. The molecule has 6 heteroatoms. The molecule has 0 fully saturated rings. The number of halogens is 2. The van der Waals surface area contributed by atoms with E-state index >= 15 is 0 Å². The van der Waals surface area contributed by atoms with Crippen LogP contribution >= 0.6 is 11.6 Å². The van der Waals surface area contributed by atoms with Crippen LogP contribution in [0.4, 0.5) is 10.1 Å². The lowest BCUT2D eigenvalue weighted by Crippen LogP contribution is -2.14. The van der Waals surface area contributed by atoms with Crippen LogP contribution in [0.1, 0.15) is 10.4 Å². The number of rotatable bonds is 3. The molecule has 0 bridgehead atoms. The second-order valence-electron chi connectivity index (χ2n) is 5.63. The van der Waals surface area contributed by atoms with Crippen molar-refractivity contribution in [1.29, 1.82) is 0 Å². The van der Waals surface area contributed by atoms with Gasteiger partial charge in [-0.25, -0.2) is 9.37 Å². The number of carbonyl (C=O) groups is 1. The highest BCUT2D eigenvalue weighted by Crippen LogP contribution is 2.27. The molecule has 0 aliphatic heterocycles. The number of anilines is 1. The maximum Gasteiger partial charge on any atom is 0.256 e. The molecule has 0 aliphatic carbocycles. The fourth-order valence-electron chi connectivity index (χ4n) is 2.70. The van der Waals surface area contributed by atoms with Crippen LogP contribution in [0.25, 0.3) is 22.4 Å². The SMILES string of the molecule is O=C(Nc1cc(Cl)ccc1F)c1cc(-c2ccco2)nc2ccccc12. The van der Waals surface area contributed by atoms with E-state index in [2.05, 4.69) is 10.3 Å². The van der Waals surface area contributed by atoms with Crippen LogP contribution in [0.2, 0.25) is 5.02 Å². The minimum Gasteiger partial charge on any atom is -0.463 e. The molecule has 4 rings (SSSR count). The molecule has 1 N–H and O–H groups in total.